The van der Waals surface area contributed by atoms with Crippen molar-refractivity contribution in [3.63, 3.8) is 0 Å². The van der Waals surface area contributed by atoms with Gasteiger partial charge in [0.1, 0.15) is 6.61 Å². The molecule has 0 bridgehead atoms. The minimum Gasteiger partial charge on any atom is -0.493 e. The summed E-state index contributed by atoms with van der Waals surface area (Å²) in [5.41, 5.74) is 3.73. The van der Waals surface area contributed by atoms with Crippen molar-refractivity contribution >= 4 is 45.9 Å². The van der Waals surface area contributed by atoms with Crippen LogP contribution in [0.15, 0.2) is 77.8 Å². The van der Waals surface area contributed by atoms with Crippen molar-refractivity contribution in [3.05, 3.63) is 99.5 Å². The van der Waals surface area contributed by atoms with Gasteiger partial charge in [0.2, 0.25) is 0 Å². The van der Waals surface area contributed by atoms with Crippen molar-refractivity contribution < 1.29 is 9.47 Å². The van der Waals surface area contributed by atoms with Crippen molar-refractivity contribution in [1.82, 2.24) is 0 Å². The summed E-state index contributed by atoms with van der Waals surface area (Å²) >= 11 is 12.6. The van der Waals surface area contributed by atoms with Crippen molar-refractivity contribution in [1.29, 1.82) is 0 Å². The Kier molecular flexibility index (Phi) is 6.45. The first-order valence-electron chi connectivity index (χ1n) is 9.82. The molecule has 3 nitrogen and oxygen atoms in total. The van der Waals surface area contributed by atoms with Crippen LogP contribution < -0.4 is 9.47 Å². The molecule has 0 spiro atoms. The maximum absolute atomic E-state index is 6.55. The Morgan fingerprint density at radius 2 is 1.74 bits per heavy atom. The maximum Gasteiger partial charge on any atom is 0.180 e. The molecule has 31 heavy (non-hydrogen) atoms. The van der Waals surface area contributed by atoms with E-state index in [0.29, 0.717) is 28.2 Å². The van der Waals surface area contributed by atoms with Crippen LogP contribution >= 0.6 is 23.2 Å². The van der Waals surface area contributed by atoms with Crippen LogP contribution in [-0.2, 0) is 6.61 Å². The Morgan fingerprint density at radius 3 is 2.58 bits per heavy atom. The van der Waals surface area contributed by atoms with E-state index in [2.05, 4.69) is 29.3 Å². The molecule has 5 heteroatoms. The van der Waals surface area contributed by atoms with Crippen molar-refractivity contribution in [2.75, 3.05) is 7.11 Å². The first-order valence-corrected chi connectivity index (χ1v) is 10.6. The molecule has 0 aliphatic heterocycles. The van der Waals surface area contributed by atoms with E-state index in [1.165, 1.54) is 5.39 Å². The summed E-state index contributed by atoms with van der Waals surface area (Å²) in [6, 6.07) is 23.7. The number of ether oxygens (including phenoxy) is 2. The van der Waals surface area contributed by atoms with Crippen LogP contribution in [0.2, 0.25) is 10.0 Å². The summed E-state index contributed by atoms with van der Waals surface area (Å²) in [6.07, 6.45) is 1.74. The second kappa shape index (κ2) is 9.42. The first kappa shape index (κ1) is 21.2. The maximum atomic E-state index is 6.55. The van der Waals surface area contributed by atoms with Crippen LogP contribution in [0.5, 0.6) is 11.5 Å². The zero-order valence-corrected chi connectivity index (χ0v) is 18.7. The lowest BCUT2D eigenvalue weighted by atomic mass is 10.1. The van der Waals surface area contributed by atoms with E-state index >= 15 is 0 Å². The number of halogens is 2. The lowest BCUT2D eigenvalue weighted by molar-refractivity contribution is 0.286. The number of benzene rings is 4. The highest BCUT2D eigenvalue weighted by Gasteiger charge is 2.13. The number of nitrogens with zero attached hydrogens (tertiary/aromatic N) is 1. The fourth-order valence-electron chi connectivity index (χ4n) is 3.39. The number of rotatable bonds is 6. The molecule has 0 heterocycles. The second-order valence-electron chi connectivity index (χ2n) is 7.15. The molecule has 0 radical (unpaired) electrons. The van der Waals surface area contributed by atoms with Gasteiger partial charge in [-0.2, -0.15) is 0 Å². The molecule has 156 valence electrons. The first-order chi connectivity index (χ1) is 15.0. The SMILES string of the molecule is COc1cc(C=Nc2cc(Cl)ccc2C)cc(Cl)c1OCc1cccc2ccccc12. The number of fused-ring (bicyclic) bond motifs is 1. The zero-order valence-electron chi connectivity index (χ0n) is 17.2. The van der Waals surface area contributed by atoms with Gasteiger partial charge in [0.25, 0.3) is 0 Å². The van der Waals surface area contributed by atoms with Crippen molar-refractivity contribution in [2.45, 2.75) is 13.5 Å². The van der Waals surface area contributed by atoms with Crippen LogP contribution in [0.1, 0.15) is 16.7 Å². The van der Waals surface area contributed by atoms with Gasteiger partial charge < -0.3 is 9.47 Å². The molecular weight excluding hydrogens is 429 g/mol. The number of hydrogen-bond donors (Lipinski definition) is 0. The largest absolute Gasteiger partial charge is 0.493 e. The molecular formula is C26H21Cl2NO2. The van der Waals surface area contributed by atoms with Crippen molar-refractivity contribution in [3.8, 4) is 11.5 Å². The van der Waals surface area contributed by atoms with Crippen LogP contribution in [0.3, 0.4) is 0 Å². The molecule has 0 aliphatic rings. The average Bonchev–Trinajstić information content (AvgIpc) is 2.78. The van der Waals surface area contributed by atoms with Crippen molar-refractivity contribution in [2.24, 2.45) is 4.99 Å². The quantitative estimate of drug-likeness (QED) is 0.281. The number of aliphatic imine (C=N–C) groups is 1. The molecule has 0 aliphatic carbocycles. The Bertz CT molecular complexity index is 1260. The highest BCUT2D eigenvalue weighted by Crippen LogP contribution is 2.37. The van der Waals surface area contributed by atoms with Gasteiger partial charge >= 0.3 is 0 Å². The van der Waals surface area contributed by atoms with Gasteiger partial charge in [0.05, 0.1) is 17.8 Å². The minimum absolute atomic E-state index is 0.382. The third-order valence-electron chi connectivity index (χ3n) is 5.03. The van der Waals surface area contributed by atoms with Crippen LogP contribution in [-0.4, -0.2) is 13.3 Å². The molecule has 0 fully saturated rings. The Hall–Kier alpha value is -3.01. The van der Waals surface area contributed by atoms with Gasteiger partial charge in [-0.15, -0.1) is 0 Å². The van der Waals surface area contributed by atoms with Crippen LogP contribution in [0, 0.1) is 6.92 Å². The molecule has 4 aromatic rings. The fourth-order valence-corrected chi connectivity index (χ4v) is 3.83. The summed E-state index contributed by atoms with van der Waals surface area (Å²) in [5, 5.41) is 3.43. The molecule has 0 aromatic heterocycles. The summed E-state index contributed by atoms with van der Waals surface area (Å²) in [4.78, 5) is 4.55. The van der Waals surface area contributed by atoms with E-state index in [4.69, 9.17) is 32.7 Å². The lowest BCUT2D eigenvalue weighted by Gasteiger charge is -2.14. The monoisotopic (exact) mass is 449 g/mol. The zero-order chi connectivity index (χ0) is 21.8. The van der Waals surface area contributed by atoms with E-state index in [0.717, 1.165) is 27.8 Å². The molecule has 0 unspecified atom stereocenters. The van der Waals surface area contributed by atoms with E-state index < -0.39 is 0 Å². The Labute approximate surface area is 191 Å². The van der Waals surface area contributed by atoms with Gasteiger partial charge in [0, 0.05) is 11.2 Å². The summed E-state index contributed by atoms with van der Waals surface area (Å²) in [7, 11) is 1.60. The normalized spacial score (nSPS) is 11.2. The fraction of sp³-hybridized carbons (Fsp3) is 0.115. The molecule has 0 saturated carbocycles. The summed E-state index contributed by atoms with van der Waals surface area (Å²) < 4.78 is 11.6. The van der Waals surface area contributed by atoms with Gasteiger partial charge in [-0.25, -0.2) is 0 Å². The third-order valence-corrected chi connectivity index (χ3v) is 5.54. The number of aryl methyl sites for hydroxylation is 1. The number of hydrogen-bond acceptors (Lipinski definition) is 3. The summed E-state index contributed by atoms with van der Waals surface area (Å²) in [6.45, 7) is 2.37. The van der Waals surface area contributed by atoms with Crippen LogP contribution in [0.25, 0.3) is 10.8 Å². The van der Waals surface area contributed by atoms with Gasteiger partial charge in [0.15, 0.2) is 11.5 Å². The Morgan fingerprint density at radius 1 is 0.935 bits per heavy atom. The molecule has 0 amide bonds. The van der Waals surface area contributed by atoms with E-state index in [1.807, 2.05) is 55.5 Å². The topological polar surface area (TPSA) is 30.8 Å². The number of methoxy groups -OCH3 is 1. The predicted octanol–water partition coefficient (Wildman–Crippen LogP) is 7.79. The van der Waals surface area contributed by atoms with E-state index in [-0.39, 0.29) is 0 Å². The van der Waals surface area contributed by atoms with Gasteiger partial charge in [-0.3, -0.25) is 4.99 Å². The summed E-state index contributed by atoms with van der Waals surface area (Å²) in [5.74, 6) is 1.06. The third kappa shape index (κ3) is 4.84. The Balaban J connectivity index is 1.59. The molecule has 0 atom stereocenters. The van der Waals surface area contributed by atoms with Gasteiger partial charge in [-0.1, -0.05) is 71.7 Å². The molecule has 4 rings (SSSR count). The molecule has 0 N–H and O–H groups in total. The highest BCUT2D eigenvalue weighted by molar-refractivity contribution is 6.32. The highest BCUT2D eigenvalue weighted by atomic mass is 35.5. The second-order valence-corrected chi connectivity index (χ2v) is 7.99. The standard InChI is InChI=1S/C26H21Cl2NO2/c1-17-10-11-21(27)14-24(17)29-15-18-12-23(28)26(25(13-18)30-2)31-16-20-8-5-7-19-6-3-4-9-22(19)20/h3-15H,16H2,1-2H3. The van der Waals surface area contributed by atoms with Crippen LogP contribution in [0.4, 0.5) is 5.69 Å². The lowest BCUT2D eigenvalue weighted by Crippen LogP contribution is -2.00. The smallest absolute Gasteiger partial charge is 0.180 e. The average molecular weight is 450 g/mol. The predicted molar refractivity (Wildman–Crippen MR) is 130 cm³/mol. The molecule has 0 saturated heterocycles. The van der Waals surface area contributed by atoms with E-state index in [1.54, 1.807) is 13.3 Å². The minimum atomic E-state index is 0.382. The molecule has 4 aromatic carbocycles. The van der Waals surface area contributed by atoms with Gasteiger partial charge in [-0.05, 0) is 58.7 Å². The van der Waals surface area contributed by atoms with E-state index in [9.17, 15) is 0 Å².